The van der Waals surface area contributed by atoms with Crippen molar-refractivity contribution in [2.24, 2.45) is 0 Å². The van der Waals surface area contributed by atoms with Crippen LogP contribution in [0.5, 0.6) is 0 Å². The normalized spacial score (nSPS) is 11.6. The molecule has 1 atom stereocenters. The van der Waals surface area contributed by atoms with Gasteiger partial charge < -0.3 is 10.2 Å². The van der Waals surface area contributed by atoms with Crippen LogP contribution >= 0.6 is 0 Å². The van der Waals surface area contributed by atoms with E-state index < -0.39 is 5.97 Å². The van der Waals surface area contributed by atoms with Crippen molar-refractivity contribution in [1.82, 2.24) is 0 Å². The van der Waals surface area contributed by atoms with Crippen molar-refractivity contribution in [2.45, 2.75) is 39.2 Å². The molecule has 0 aliphatic carbocycles. The third-order valence-electron chi connectivity index (χ3n) is 1.22. The number of carboxylic acid groups (broad SMARTS) is 1. The molecule has 1 unspecified atom stereocenters. The molecule has 0 bridgehead atoms. The molecule has 0 heterocycles. The number of hydrogen-bond acceptors (Lipinski definition) is 2. The maximum Gasteiger partial charge on any atom is 0.300 e. The molecule has 3 heteroatoms. The first kappa shape index (κ1) is 15.4. The quantitative estimate of drug-likeness (QED) is 0.670. The first-order chi connectivity index (χ1) is 6.54. The van der Waals surface area contributed by atoms with Crippen LogP contribution in [0.25, 0.3) is 0 Å². The first-order valence-electron chi connectivity index (χ1n) is 4.69. The van der Waals surface area contributed by atoms with Crippen LogP contribution in [-0.4, -0.2) is 22.3 Å². The predicted octanol–water partition coefficient (Wildman–Crippen LogP) is 2.37. The Kier molecular flexibility index (Phi) is 13.1. The van der Waals surface area contributed by atoms with Gasteiger partial charge in [-0.3, -0.25) is 4.79 Å². The van der Waals surface area contributed by atoms with Crippen molar-refractivity contribution in [1.29, 1.82) is 0 Å². The van der Waals surface area contributed by atoms with Gasteiger partial charge in [-0.25, -0.2) is 0 Å². The number of rotatable bonds is 5. The predicted molar refractivity (Wildman–Crippen MR) is 58.2 cm³/mol. The van der Waals surface area contributed by atoms with Crippen LogP contribution < -0.4 is 0 Å². The lowest BCUT2D eigenvalue weighted by molar-refractivity contribution is -0.134. The van der Waals surface area contributed by atoms with Crippen molar-refractivity contribution in [3.8, 4) is 0 Å². The summed E-state index contributed by atoms with van der Waals surface area (Å²) in [6.07, 6.45) is 8.07. The number of aliphatic hydroxyl groups is 1. The molecule has 0 aromatic carbocycles. The number of aliphatic carboxylic acids is 1. The molecule has 0 radical (unpaired) electrons. The SMILES string of the molecule is C=CCC(O)C=CCCC.CC(=O)O. The van der Waals surface area contributed by atoms with E-state index in [1.807, 2.05) is 12.2 Å². The molecule has 82 valence electrons. The fourth-order valence-corrected chi connectivity index (χ4v) is 0.669. The molecule has 0 fully saturated rings. The fraction of sp³-hybridized carbons (Fsp3) is 0.545. The summed E-state index contributed by atoms with van der Waals surface area (Å²) < 4.78 is 0. The van der Waals surface area contributed by atoms with Gasteiger partial charge in [0.05, 0.1) is 6.10 Å². The molecular weight excluding hydrogens is 180 g/mol. The summed E-state index contributed by atoms with van der Waals surface area (Å²) in [5.74, 6) is -0.833. The van der Waals surface area contributed by atoms with Gasteiger partial charge in [0.15, 0.2) is 0 Å². The smallest absolute Gasteiger partial charge is 0.300 e. The standard InChI is InChI=1S/C9H16O.C2H4O2/c1-3-5-6-8-9(10)7-4-2;1-2(3)4/h4,6,8-10H,2-3,5,7H2,1H3;1H3,(H,3,4). The minimum absolute atomic E-state index is 0.330. The number of allylic oxidation sites excluding steroid dienone is 1. The van der Waals surface area contributed by atoms with Crippen molar-refractivity contribution in [3.05, 3.63) is 24.8 Å². The maximum absolute atomic E-state index is 9.12. The zero-order valence-electron chi connectivity index (χ0n) is 8.94. The first-order valence-corrected chi connectivity index (χ1v) is 4.69. The second-order valence-corrected chi connectivity index (χ2v) is 2.83. The Morgan fingerprint density at radius 2 is 2.07 bits per heavy atom. The third kappa shape index (κ3) is 22.4. The Balaban J connectivity index is 0. The van der Waals surface area contributed by atoms with Gasteiger partial charge in [-0.2, -0.15) is 0 Å². The van der Waals surface area contributed by atoms with E-state index in [2.05, 4.69) is 13.5 Å². The van der Waals surface area contributed by atoms with Crippen molar-refractivity contribution in [2.75, 3.05) is 0 Å². The molecule has 0 aromatic rings. The van der Waals surface area contributed by atoms with Gasteiger partial charge in [0.2, 0.25) is 0 Å². The van der Waals surface area contributed by atoms with Crippen LogP contribution in [0.4, 0.5) is 0 Å². The van der Waals surface area contributed by atoms with Gasteiger partial charge in [-0.1, -0.05) is 31.6 Å². The Hall–Kier alpha value is -1.09. The average molecular weight is 200 g/mol. The highest BCUT2D eigenvalue weighted by molar-refractivity contribution is 5.62. The van der Waals surface area contributed by atoms with E-state index in [0.717, 1.165) is 19.8 Å². The van der Waals surface area contributed by atoms with Crippen molar-refractivity contribution in [3.63, 3.8) is 0 Å². The molecule has 3 nitrogen and oxygen atoms in total. The Morgan fingerprint density at radius 1 is 1.57 bits per heavy atom. The van der Waals surface area contributed by atoms with Gasteiger partial charge in [-0.05, 0) is 12.8 Å². The molecule has 0 aliphatic heterocycles. The number of unbranched alkanes of at least 4 members (excludes halogenated alkanes) is 1. The summed E-state index contributed by atoms with van der Waals surface area (Å²) in [5.41, 5.74) is 0. The largest absolute Gasteiger partial charge is 0.481 e. The average Bonchev–Trinajstić information content (AvgIpc) is 2.04. The van der Waals surface area contributed by atoms with E-state index in [0.29, 0.717) is 6.42 Å². The van der Waals surface area contributed by atoms with E-state index in [1.54, 1.807) is 6.08 Å². The summed E-state index contributed by atoms with van der Waals surface area (Å²) in [6, 6.07) is 0. The molecule has 0 rings (SSSR count). The third-order valence-corrected chi connectivity index (χ3v) is 1.22. The Labute approximate surface area is 85.8 Å². The second-order valence-electron chi connectivity index (χ2n) is 2.83. The van der Waals surface area contributed by atoms with Crippen molar-refractivity contribution < 1.29 is 15.0 Å². The van der Waals surface area contributed by atoms with E-state index in [4.69, 9.17) is 15.0 Å². The monoisotopic (exact) mass is 200 g/mol. The number of aliphatic hydroxyl groups excluding tert-OH is 1. The van der Waals surface area contributed by atoms with Crippen LogP contribution in [-0.2, 0) is 4.79 Å². The van der Waals surface area contributed by atoms with Crippen LogP contribution in [0.1, 0.15) is 33.1 Å². The Bertz CT molecular complexity index is 169. The van der Waals surface area contributed by atoms with E-state index in [1.165, 1.54) is 0 Å². The highest BCUT2D eigenvalue weighted by atomic mass is 16.4. The summed E-state index contributed by atoms with van der Waals surface area (Å²) in [5, 5.41) is 16.5. The molecule has 0 saturated carbocycles. The van der Waals surface area contributed by atoms with Gasteiger partial charge >= 0.3 is 0 Å². The highest BCUT2D eigenvalue weighted by Crippen LogP contribution is 1.96. The molecule has 0 spiro atoms. The van der Waals surface area contributed by atoms with E-state index in [-0.39, 0.29) is 6.10 Å². The molecule has 0 amide bonds. The zero-order chi connectivity index (χ0) is 11.4. The molecule has 0 aromatic heterocycles. The summed E-state index contributed by atoms with van der Waals surface area (Å²) in [6.45, 7) is 6.73. The van der Waals surface area contributed by atoms with Gasteiger partial charge in [0.25, 0.3) is 5.97 Å². The lowest BCUT2D eigenvalue weighted by Gasteiger charge is -1.98. The number of carboxylic acids is 1. The molecule has 0 saturated heterocycles. The summed E-state index contributed by atoms with van der Waals surface area (Å²) in [7, 11) is 0. The summed E-state index contributed by atoms with van der Waals surface area (Å²) in [4.78, 5) is 9.00. The second kappa shape index (κ2) is 11.9. The van der Waals surface area contributed by atoms with Gasteiger partial charge in [0.1, 0.15) is 0 Å². The maximum atomic E-state index is 9.12. The molecule has 14 heavy (non-hydrogen) atoms. The summed E-state index contributed by atoms with van der Waals surface area (Å²) >= 11 is 0. The topological polar surface area (TPSA) is 57.5 Å². The molecular formula is C11H20O3. The van der Waals surface area contributed by atoms with Gasteiger partial charge in [-0.15, -0.1) is 6.58 Å². The lowest BCUT2D eigenvalue weighted by Crippen LogP contribution is -1.98. The molecule has 2 N–H and O–H groups in total. The number of carbonyl (C=O) groups is 1. The fourth-order valence-electron chi connectivity index (χ4n) is 0.669. The van der Waals surface area contributed by atoms with Crippen molar-refractivity contribution >= 4 is 5.97 Å². The highest BCUT2D eigenvalue weighted by Gasteiger charge is 1.91. The minimum Gasteiger partial charge on any atom is -0.481 e. The van der Waals surface area contributed by atoms with Crippen LogP contribution in [0.15, 0.2) is 24.8 Å². The van der Waals surface area contributed by atoms with E-state index in [9.17, 15) is 0 Å². The minimum atomic E-state index is -0.833. The van der Waals surface area contributed by atoms with Crippen LogP contribution in [0.3, 0.4) is 0 Å². The van der Waals surface area contributed by atoms with E-state index >= 15 is 0 Å². The zero-order valence-corrected chi connectivity index (χ0v) is 8.94. The molecule has 0 aliphatic rings. The Morgan fingerprint density at radius 3 is 2.43 bits per heavy atom. The van der Waals surface area contributed by atoms with Gasteiger partial charge in [0, 0.05) is 6.92 Å². The van der Waals surface area contributed by atoms with Crippen LogP contribution in [0, 0.1) is 0 Å². The van der Waals surface area contributed by atoms with Crippen LogP contribution in [0.2, 0.25) is 0 Å². The lowest BCUT2D eigenvalue weighted by atomic mass is 10.2. The number of hydrogen-bond donors (Lipinski definition) is 2.